The normalized spacial score (nSPS) is 10.9. The number of carbonyl (C=O) groups is 1. The number of halogens is 3. The molecule has 0 aromatic heterocycles. The van der Waals surface area contributed by atoms with Crippen molar-refractivity contribution in [3.05, 3.63) is 0 Å². The SMILES string of the molecule is CCOC(=O)NCC(F)(F)F.[HH]. The Morgan fingerprint density at radius 3 is 2.55 bits per heavy atom. The molecule has 0 saturated heterocycles. The van der Waals surface area contributed by atoms with Gasteiger partial charge in [0.15, 0.2) is 0 Å². The first-order valence-corrected chi connectivity index (χ1v) is 2.93. The van der Waals surface area contributed by atoms with Gasteiger partial charge < -0.3 is 10.1 Å². The highest BCUT2D eigenvalue weighted by Gasteiger charge is 2.27. The maximum absolute atomic E-state index is 11.4. The first kappa shape index (κ1) is 10.1. The van der Waals surface area contributed by atoms with Crippen molar-refractivity contribution in [1.82, 2.24) is 5.32 Å². The molecule has 11 heavy (non-hydrogen) atoms. The molecule has 0 spiro atoms. The van der Waals surface area contributed by atoms with E-state index in [2.05, 4.69) is 4.74 Å². The number of amides is 1. The number of rotatable bonds is 2. The van der Waals surface area contributed by atoms with E-state index >= 15 is 0 Å². The minimum atomic E-state index is -4.38. The van der Waals surface area contributed by atoms with Gasteiger partial charge in [-0.3, -0.25) is 0 Å². The van der Waals surface area contributed by atoms with Crippen LogP contribution in [0.5, 0.6) is 0 Å². The summed E-state index contributed by atoms with van der Waals surface area (Å²) in [7, 11) is 0. The highest BCUT2D eigenvalue weighted by molar-refractivity contribution is 5.67. The summed E-state index contributed by atoms with van der Waals surface area (Å²) in [5.41, 5.74) is 0. The lowest BCUT2D eigenvalue weighted by Crippen LogP contribution is -2.34. The highest BCUT2D eigenvalue weighted by Crippen LogP contribution is 2.11. The molecule has 0 saturated carbocycles. The Hall–Kier alpha value is -0.940. The zero-order valence-electron chi connectivity index (χ0n) is 5.86. The molecule has 1 N–H and O–H groups in total. The molecule has 6 heteroatoms. The van der Waals surface area contributed by atoms with Crippen LogP contribution in [0.15, 0.2) is 0 Å². The molecule has 0 unspecified atom stereocenters. The first-order valence-electron chi connectivity index (χ1n) is 2.93. The highest BCUT2D eigenvalue weighted by atomic mass is 19.4. The Labute approximate surface area is 63.0 Å². The van der Waals surface area contributed by atoms with Crippen molar-refractivity contribution in [2.45, 2.75) is 13.1 Å². The fourth-order valence-electron chi connectivity index (χ4n) is 0.355. The van der Waals surface area contributed by atoms with E-state index in [0.717, 1.165) is 0 Å². The standard InChI is InChI=1S/C5H8F3NO2.H2/c1-2-11-4(10)9-3-5(6,7)8;/h2-3H2,1H3,(H,9,10);1H. The van der Waals surface area contributed by atoms with E-state index in [4.69, 9.17) is 0 Å². The molecule has 0 bridgehead atoms. The Kier molecular flexibility index (Phi) is 3.70. The fraction of sp³-hybridized carbons (Fsp3) is 0.800. The molecule has 3 nitrogen and oxygen atoms in total. The second-order valence-electron chi connectivity index (χ2n) is 1.69. The zero-order chi connectivity index (χ0) is 8.91. The van der Waals surface area contributed by atoms with Crippen molar-refractivity contribution < 1.29 is 24.1 Å². The second kappa shape index (κ2) is 4.05. The van der Waals surface area contributed by atoms with Crippen molar-refractivity contribution >= 4 is 6.09 Å². The molecule has 0 atom stereocenters. The van der Waals surface area contributed by atoms with Crippen molar-refractivity contribution in [2.75, 3.05) is 13.2 Å². The first-order chi connectivity index (χ1) is 4.95. The van der Waals surface area contributed by atoms with Crippen LogP contribution in [-0.2, 0) is 4.74 Å². The van der Waals surface area contributed by atoms with Crippen molar-refractivity contribution in [1.29, 1.82) is 0 Å². The van der Waals surface area contributed by atoms with Crippen LogP contribution in [0.3, 0.4) is 0 Å². The third kappa shape index (κ3) is 6.95. The van der Waals surface area contributed by atoms with E-state index < -0.39 is 18.8 Å². The van der Waals surface area contributed by atoms with Crippen LogP contribution in [0.25, 0.3) is 0 Å². The van der Waals surface area contributed by atoms with E-state index in [9.17, 15) is 18.0 Å². The van der Waals surface area contributed by atoms with E-state index in [1.54, 1.807) is 0 Å². The van der Waals surface area contributed by atoms with Gasteiger partial charge in [0.1, 0.15) is 6.54 Å². The van der Waals surface area contributed by atoms with Crippen LogP contribution >= 0.6 is 0 Å². The van der Waals surface area contributed by atoms with Crippen LogP contribution in [0.4, 0.5) is 18.0 Å². The van der Waals surface area contributed by atoms with Gasteiger partial charge in [0.25, 0.3) is 0 Å². The number of alkyl halides is 3. The molecule has 0 aliphatic rings. The van der Waals surface area contributed by atoms with Gasteiger partial charge in [-0.1, -0.05) is 0 Å². The molecule has 1 amide bonds. The maximum atomic E-state index is 11.4. The Morgan fingerprint density at radius 2 is 2.18 bits per heavy atom. The molecule has 0 heterocycles. The van der Waals surface area contributed by atoms with Gasteiger partial charge in [-0.2, -0.15) is 13.2 Å². The predicted molar refractivity (Wildman–Crippen MR) is 33.2 cm³/mol. The second-order valence-corrected chi connectivity index (χ2v) is 1.69. The minimum absolute atomic E-state index is 0. The van der Waals surface area contributed by atoms with Crippen molar-refractivity contribution in [2.24, 2.45) is 0 Å². The lowest BCUT2D eigenvalue weighted by Gasteiger charge is -2.07. The van der Waals surface area contributed by atoms with Gasteiger partial charge in [0, 0.05) is 1.43 Å². The van der Waals surface area contributed by atoms with E-state index in [1.807, 2.05) is 0 Å². The molecule has 0 aliphatic carbocycles. The average molecular weight is 173 g/mol. The van der Waals surface area contributed by atoms with Crippen LogP contribution in [0.2, 0.25) is 0 Å². The van der Waals surface area contributed by atoms with E-state index in [0.29, 0.717) is 0 Å². The lowest BCUT2D eigenvalue weighted by molar-refractivity contribution is -0.123. The fourth-order valence-corrected chi connectivity index (χ4v) is 0.355. The summed E-state index contributed by atoms with van der Waals surface area (Å²) < 4.78 is 38.3. The van der Waals surface area contributed by atoms with Crippen LogP contribution < -0.4 is 5.32 Å². The zero-order valence-corrected chi connectivity index (χ0v) is 5.86. The van der Waals surface area contributed by atoms with Crippen LogP contribution in [0.1, 0.15) is 8.35 Å². The molecular weight excluding hydrogens is 163 g/mol. The summed E-state index contributed by atoms with van der Waals surface area (Å²) in [5.74, 6) is 0. The van der Waals surface area contributed by atoms with Gasteiger partial charge in [-0.05, 0) is 6.92 Å². The van der Waals surface area contributed by atoms with Gasteiger partial charge in [0.05, 0.1) is 6.61 Å². The molecule has 0 rings (SSSR count). The minimum Gasteiger partial charge on any atom is -0.450 e. The summed E-state index contributed by atoms with van der Waals surface area (Å²) >= 11 is 0. The largest absolute Gasteiger partial charge is 0.450 e. The average Bonchev–Trinajstić information content (AvgIpc) is 1.83. The third-order valence-corrected chi connectivity index (χ3v) is 0.709. The summed E-state index contributed by atoms with van der Waals surface area (Å²) in [6, 6.07) is 0. The van der Waals surface area contributed by atoms with Gasteiger partial charge in [-0.25, -0.2) is 4.79 Å². The Bertz CT molecular complexity index is 139. The molecule has 0 aliphatic heterocycles. The molecular formula is C5H10F3NO2. The Balaban J connectivity index is 0. The van der Waals surface area contributed by atoms with Crippen molar-refractivity contribution in [3.63, 3.8) is 0 Å². The number of alkyl carbamates (subject to hydrolysis) is 1. The Morgan fingerprint density at radius 1 is 1.64 bits per heavy atom. The topological polar surface area (TPSA) is 38.3 Å². The van der Waals surface area contributed by atoms with E-state index in [-0.39, 0.29) is 8.03 Å². The third-order valence-electron chi connectivity index (χ3n) is 0.709. The molecule has 0 aromatic carbocycles. The molecule has 0 radical (unpaired) electrons. The van der Waals surface area contributed by atoms with Crippen LogP contribution in [0, 0.1) is 0 Å². The maximum Gasteiger partial charge on any atom is 0.407 e. The van der Waals surface area contributed by atoms with Crippen molar-refractivity contribution in [3.8, 4) is 0 Å². The molecule has 68 valence electrons. The summed E-state index contributed by atoms with van der Waals surface area (Å²) in [4.78, 5) is 10.3. The number of nitrogens with one attached hydrogen (secondary N) is 1. The number of ether oxygens (including phenoxy) is 1. The number of carbonyl (C=O) groups excluding carboxylic acids is 1. The van der Waals surface area contributed by atoms with E-state index in [1.165, 1.54) is 12.2 Å². The number of hydrogen-bond acceptors (Lipinski definition) is 2. The molecule has 0 aromatic rings. The van der Waals surface area contributed by atoms with Gasteiger partial charge >= 0.3 is 12.3 Å². The number of hydrogen-bond donors (Lipinski definition) is 1. The van der Waals surface area contributed by atoms with Gasteiger partial charge in [-0.15, -0.1) is 0 Å². The summed E-state index contributed by atoms with van der Waals surface area (Å²) in [6.45, 7) is 0.211. The lowest BCUT2D eigenvalue weighted by atomic mass is 10.6. The van der Waals surface area contributed by atoms with Gasteiger partial charge in [0.2, 0.25) is 0 Å². The monoisotopic (exact) mass is 173 g/mol. The summed E-state index contributed by atoms with van der Waals surface area (Å²) in [6.07, 6.45) is -5.43. The summed E-state index contributed by atoms with van der Waals surface area (Å²) in [5, 5.41) is 1.54. The quantitative estimate of drug-likeness (QED) is 0.687. The van der Waals surface area contributed by atoms with Crippen LogP contribution in [-0.4, -0.2) is 25.4 Å². The smallest absolute Gasteiger partial charge is 0.407 e. The molecule has 0 fully saturated rings. The predicted octanol–water partition coefficient (Wildman–Crippen LogP) is 1.54.